The number of esters is 1. The number of carbonyl (C=O) groups is 1. The Hall–Kier alpha value is -0.570. The summed E-state index contributed by atoms with van der Waals surface area (Å²) in [6.45, 7) is 4.53. The minimum Gasteiger partial charge on any atom is -0.462 e. The molecule has 1 atom stereocenters. The van der Waals surface area contributed by atoms with Crippen LogP contribution < -0.4 is 0 Å². The van der Waals surface area contributed by atoms with Gasteiger partial charge in [0.1, 0.15) is 6.10 Å². The maximum absolute atomic E-state index is 12.5. The van der Waals surface area contributed by atoms with Crippen LogP contribution in [0.5, 0.6) is 0 Å². The van der Waals surface area contributed by atoms with Crippen LogP contribution in [0.1, 0.15) is 149 Å². The Kier molecular flexibility index (Phi) is 17.5. The third-order valence-corrected chi connectivity index (χ3v) is 6.83. The smallest absolute Gasteiger partial charge is 0.306 e. The van der Waals surface area contributed by atoms with Crippen molar-refractivity contribution >= 4 is 5.97 Å². The van der Waals surface area contributed by atoms with Gasteiger partial charge in [0.25, 0.3) is 0 Å². The van der Waals surface area contributed by atoms with Gasteiger partial charge in [-0.3, -0.25) is 4.79 Å². The lowest BCUT2D eigenvalue weighted by atomic mass is 9.91. The molecule has 0 heterocycles. The van der Waals surface area contributed by atoms with Gasteiger partial charge < -0.3 is 9.84 Å². The second kappa shape index (κ2) is 19.1. The lowest BCUT2D eigenvalue weighted by molar-refractivity contribution is -0.152. The first kappa shape index (κ1) is 27.5. The third kappa shape index (κ3) is 15.3. The topological polar surface area (TPSA) is 46.5 Å². The lowest BCUT2D eigenvalue weighted by Gasteiger charge is -2.26. The van der Waals surface area contributed by atoms with Gasteiger partial charge in [-0.05, 0) is 44.4 Å². The van der Waals surface area contributed by atoms with Crippen LogP contribution in [0.25, 0.3) is 0 Å². The molecule has 0 aromatic carbocycles. The van der Waals surface area contributed by atoms with E-state index in [4.69, 9.17) is 4.74 Å². The van der Waals surface area contributed by atoms with E-state index in [1.54, 1.807) is 0 Å². The zero-order valence-electron chi connectivity index (χ0n) is 20.3. The average molecular weight is 425 g/mol. The molecule has 1 N–H and O–H groups in total. The number of carbonyl (C=O) groups excluding carboxylic acids is 1. The predicted octanol–water partition coefficient (Wildman–Crippen LogP) is 8.12. The molecule has 3 nitrogen and oxygen atoms in total. The molecule has 30 heavy (non-hydrogen) atoms. The Morgan fingerprint density at radius 2 is 1.17 bits per heavy atom. The normalized spacial score (nSPS) is 20.2. The molecule has 0 aromatic rings. The van der Waals surface area contributed by atoms with E-state index in [-0.39, 0.29) is 18.2 Å². The van der Waals surface area contributed by atoms with E-state index in [2.05, 4.69) is 13.8 Å². The van der Waals surface area contributed by atoms with Gasteiger partial charge in [0, 0.05) is 6.42 Å². The van der Waals surface area contributed by atoms with Crippen LogP contribution in [0.3, 0.4) is 0 Å². The summed E-state index contributed by atoms with van der Waals surface area (Å²) >= 11 is 0. The minimum atomic E-state index is -0.192. The molecule has 3 heteroatoms. The number of hydrogen-bond acceptors (Lipinski definition) is 3. The molecule has 0 aromatic heterocycles. The van der Waals surface area contributed by atoms with Gasteiger partial charge >= 0.3 is 5.97 Å². The van der Waals surface area contributed by atoms with Crippen LogP contribution in [0.15, 0.2) is 0 Å². The lowest BCUT2D eigenvalue weighted by Crippen LogP contribution is -2.27. The van der Waals surface area contributed by atoms with Crippen molar-refractivity contribution in [3.05, 3.63) is 0 Å². The van der Waals surface area contributed by atoms with E-state index in [0.717, 1.165) is 25.7 Å². The second-order valence-corrected chi connectivity index (χ2v) is 9.81. The Labute approximate surface area is 187 Å². The maximum atomic E-state index is 12.5. The first-order valence-corrected chi connectivity index (χ1v) is 13.5. The number of rotatable bonds is 19. The zero-order valence-corrected chi connectivity index (χ0v) is 20.3. The van der Waals surface area contributed by atoms with Gasteiger partial charge in [-0.15, -0.1) is 0 Å². The molecule has 0 spiro atoms. The standard InChI is InChI=1S/C27H52O3/c1-3-5-7-9-11-12-14-16-18-24(17-15-13-10-8-6-4-2)23-27(29)30-26-21-19-25(28)20-22-26/h24-26,28H,3-23H2,1-2H3. The zero-order chi connectivity index (χ0) is 21.9. The molecular formula is C27H52O3. The van der Waals surface area contributed by atoms with Gasteiger partial charge in [0.2, 0.25) is 0 Å². The van der Waals surface area contributed by atoms with Crippen molar-refractivity contribution < 1.29 is 14.6 Å². The number of unbranched alkanes of at least 4 members (excludes halogenated alkanes) is 12. The molecule has 1 fully saturated rings. The fraction of sp³-hybridized carbons (Fsp3) is 0.963. The molecule has 1 aliphatic rings. The fourth-order valence-corrected chi connectivity index (χ4v) is 4.76. The minimum absolute atomic E-state index is 0.00642. The van der Waals surface area contributed by atoms with Crippen molar-refractivity contribution in [1.29, 1.82) is 0 Å². The van der Waals surface area contributed by atoms with Gasteiger partial charge in [-0.2, -0.15) is 0 Å². The van der Waals surface area contributed by atoms with E-state index in [9.17, 15) is 9.90 Å². The fourth-order valence-electron chi connectivity index (χ4n) is 4.76. The molecule has 0 amide bonds. The van der Waals surface area contributed by atoms with Gasteiger partial charge in [-0.25, -0.2) is 0 Å². The molecule has 178 valence electrons. The highest BCUT2D eigenvalue weighted by Crippen LogP contribution is 2.25. The van der Waals surface area contributed by atoms with Gasteiger partial charge in [-0.1, -0.05) is 104 Å². The summed E-state index contributed by atoms with van der Waals surface area (Å²) in [4.78, 5) is 12.5. The van der Waals surface area contributed by atoms with E-state index in [0.29, 0.717) is 12.3 Å². The summed E-state index contributed by atoms with van der Waals surface area (Å²) in [6, 6.07) is 0. The molecule has 1 saturated carbocycles. The highest BCUT2D eigenvalue weighted by molar-refractivity contribution is 5.69. The summed E-state index contributed by atoms with van der Waals surface area (Å²) in [6.07, 6.45) is 24.7. The van der Waals surface area contributed by atoms with E-state index < -0.39 is 0 Å². The molecule has 1 aliphatic carbocycles. The van der Waals surface area contributed by atoms with Crippen molar-refractivity contribution in [3.8, 4) is 0 Å². The number of ether oxygens (including phenoxy) is 1. The molecule has 0 aliphatic heterocycles. The highest BCUT2D eigenvalue weighted by atomic mass is 16.5. The van der Waals surface area contributed by atoms with Crippen LogP contribution in [0.2, 0.25) is 0 Å². The number of aliphatic hydroxyl groups excluding tert-OH is 1. The quantitative estimate of drug-likeness (QED) is 0.168. The summed E-state index contributed by atoms with van der Waals surface area (Å²) < 4.78 is 5.76. The van der Waals surface area contributed by atoms with Gasteiger partial charge in [0.15, 0.2) is 0 Å². The first-order chi connectivity index (χ1) is 14.7. The van der Waals surface area contributed by atoms with Crippen molar-refractivity contribution in [2.24, 2.45) is 5.92 Å². The molecule has 0 saturated heterocycles. The summed E-state index contributed by atoms with van der Waals surface area (Å²) in [5.74, 6) is 0.505. The predicted molar refractivity (Wildman–Crippen MR) is 128 cm³/mol. The van der Waals surface area contributed by atoms with Crippen LogP contribution in [0.4, 0.5) is 0 Å². The Morgan fingerprint density at radius 1 is 0.733 bits per heavy atom. The molecule has 0 radical (unpaired) electrons. The van der Waals surface area contributed by atoms with Crippen LogP contribution in [0, 0.1) is 5.92 Å². The SMILES string of the molecule is CCCCCCCCCCC(CCCCCCCC)CC(=O)OC1CCC(O)CC1. The van der Waals surface area contributed by atoms with Crippen LogP contribution in [-0.2, 0) is 9.53 Å². The van der Waals surface area contributed by atoms with E-state index in [1.807, 2.05) is 0 Å². The van der Waals surface area contributed by atoms with Gasteiger partial charge in [0.05, 0.1) is 6.10 Å². The second-order valence-electron chi connectivity index (χ2n) is 9.81. The van der Waals surface area contributed by atoms with Crippen molar-refractivity contribution in [2.75, 3.05) is 0 Å². The highest BCUT2D eigenvalue weighted by Gasteiger charge is 2.23. The molecule has 1 unspecified atom stereocenters. The Balaban J connectivity index is 2.25. The molecular weight excluding hydrogens is 372 g/mol. The number of hydrogen-bond donors (Lipinski definition) is 1. The van der Waals surface area contributed by atoms with Crippen molar-refractivity contribution in [3.63, 3.8) is 0 Å². The number of aliphatic hydroxyl groups is 1. The maximum Gasteiger partial charge on any atom is 0.306 e. The summed E-state index contributed by atoms with van der Waals surface area (Å²) in [7, 11) is 0. The molecule has 1 rings (SSSR count). The Morgan fingerprint density at radius 3 is 1.63 bits per heavy atom. The Bertz CT molecular complexity index is 388. The van der Waals surface area contributed by atoms with E-state index in [1.165, 1.54) is 103 Å². The van der Waals surface area contributed by atoms with Crippen LogP contribution in [-0.4, -0.2) is 23.3 Å². The summed E-state index contributed by atoms with van der Waals surface area (Å²) in [5.41, 5.74) is 0. The van der Waals surface area contributed by atoms with Crippen molar-refractivity contribution in [2.45, 2.75) is 161 Å². The monoisotopic (exact) mass is 424 g/mol. The summed E-state index contributed by atoms with van der Waals surface area (Å²) in [5, 5.41) is 9.64. The van der Waals surface area contributed by atoms with Crippen molar-refractivity contribution in [1.82, 2.24) is 0 Å². The third-order valence-electron chi connectivity index (χ3n) is 6.83. The van der Waals surface area contributed by atoms with E-state index >= 15 is 0 Å². The first-order valence-electron chi connectivity index (χ1n) is 13.5. The van der Waals surface area contributed by atoms with Crippen LogP contribution >= 0.6 is 0 Å². The molecule has 0 bridgehead atoms. The largest absolute Gasteiger partial charge is 0.462 e. The average Bonchev–Trinajstić information content (AvgIpc) is 2.74.